The first kappa shape index (κ1) is 17.1. The van der Waals surface area contributed by atoms with Crippen LogP contribution in [0.2, 0.25) is 0 Å². The molecule has 9 nitrogen and oxygen atoms in total. The maximum atomic E-state index is 11.9. The molecule has 116 valence electrons. The van der Waals surface area contributed by atoms with Crippen LogP contribution in [0.15, 0.2) is 18.5 Å². The number of hydrogen-bond donors (Lipinski definition) is 4. The molecule has 5 N–H and O–H groups in total. The van der Waals surface area contributed by atoms with Crippen molar-refractivity contribution < 1.29 is 23.1 Å². The van der Waals surface area contributed by atoms with Crippen molar-refractivity contribution >= 4 is 39.2 Å². The highest BCUT2D eigenvalue weighted by atomic mass is 32.2. The maximum absolute atomic E-state index is 11.9. The van der Waals surface area contributed by atoms with Crippen LogP contribution in [0.4, 0.5) is 0 Å². The van der Waals surface area contributed by atoms with E-state index in [1.165, 1.54) is 12.3 Å². The second-order valence-electron chi connectivity index (χ2n) is 4.06. The van der Waals surface area contributed by atoms with Crippen LogP contribution in [0, 0.1) is 0 Å². The number of amides is 2. The van der Waals surface area contributed by atoms with Crippen LogP contribution in [0.25, 0.3) is 0 Å². The van der Waals surface area contributed by atoms with E-state index in [4.69, 9.17) is 10.8 Å². The lowest BCUT2D eigenvalue weighted by Crippen LogP contribution is -2.51. The van der Waals surface area contributed by atoms with E-state index in [2.05, 4.69) is 22.9 Å². The topological polar surface area (TPSA) is 144 Å². The lowest BCUT2D eigenvalue weighted by Gasteiger charge is -2.14. The SMILES string of the molecule is CS(=O)(=O)n1ccc(C(=O)NC(CO)C(=O)NC(N)=S)c1. The van der Waals surface area contributed by atoms with Gasteiger partial charge in [0.15, 0.2) is 5.11 Å². The molecule has 0 spiro atoms. The summed E-state index contributed by atoms with van der Waals surface area (Å²) in [6.07, 6.45) is 3.25. The highest BCUT2D eigenvalue weighted by molar-refractivity contribution is 7.89. The molecule has 0 aromatic carbocycles. The Morgan fingerprint density at radius 2 is 2.14 bits per heavy atom. The Bertz CT molecular complexity index is 667. The Labute approximate surface area is 126 Å². The van der Waals surface area contributed by atoms with Gasteiger partial charge in [-0.15, -0.1) is 0 Å². The molecule has 21 heavy (non-hydrogen) atoms. The van der Waals surface area contributed by atoms with E-state index in [1.807, 2.05) is 0 Å². The Hall–Kier alpha value is -1.98. The van der Waals surface area contributed by atoms with E-state index in [0.29, 0.717) is 0 Å². The molecule has 1 aromatic heterocycles. The number of thiocarbonyl (C=S) groups is 1. The van der Waals surface area contributed by atoms with Gasteiger partial charge in [0.1, 0.15) is 6.04 Å². The Morgan fingerprint density at radius 1 is 1.52 bits per heavy atom. The number of nitrogens with two attached hydrogens (primary N) is 1. The van der Waals surface area contributed by atoms with Crippen LogP contribution in [0.5, 0.6) is 0 Å². The molecule has 1 heterocycles. The average molecular weight is 334 g/mol. The number of hydrogen-bond acceptors (Lipinski definition) is 6. The number of nitrogens with one attached hydrogen (secondary N) is 2. The summed E-state index contributed by atoms with van der Waals surface area (Å²) in [5.41, 5.74) is 5.13. The molecule has 1 aromatic rings. The standard InChI is InChI=1S/C10H14N4O5S2/c1-21(18,19)14-3-2-6(4-14)8(16)12-7(5-15)9(17)13-10(11)20/h2-4,7,15H,5H2,1H3,(H,12,16)(H3,11,13,17,20). The fourth-order valence-corrected chi connectivity index (χ4v) is 2.05. The molecule has 0 fully saturated rings. The minimum atomic E-state index is -3.51. The number of carbonyl (C=O) groups excluding carboxylic acids is 2. The first-order valence-corrected chi connectivity index (χ1v) is 7.81. The molecule has 0 aliphatic rings. The normalized spacial score (nSPS) is 12.5. The molecule has 0 aliphatic heterocycles. The zero-order valence-corrected chi connectivity index (χ0v) is 12.6. The van der Waals surface area contributed by atoms with E-state index >= 15 is 0 Å². The van der Waals surface area contributed by atoms with Gasteiger partial charge in [-0.3, -0.25) is 13.6 Å². The minimum Gasteiger partial charge on any atom is -0.394 e. The summed E-state index contributed by atoms with van der Waals surface area (Å²) >= 11 is 4.47. The van der Waals surface area contributed by atoms with Crippen molar-refractivity contribution in [1.29, 1.82) is 0 Å². The lowest BCUT2D eigenvalue weighted by molar-refractivity contribution is -0.122. The van der Waals surface area contributed by atoms with Crippen molar-refractivity contribution in [3.63, 3.8) is 0 Å². The van der Waals surface area contributed by atoms with Crippen LogP contribution < -0.4 is 16.4 Å². The minimum absolute atomic E-state index is 0.0157. The van der Waals surface area contributed by atoms with Gasteiger partial charge in [0.05, 0.1) is 18.4 Å². The Balaban J connectivity index is 2.82. The zero-order valence-electron chi connectivity index (χ0n) is 10.9. The monoisotopic (exact) mass is 334 g/mol. The molecular weight excluding hydrogens is 320 g/mol. The summed E-state index contributed by atoms with van der Waals surface area (Å²) in [7, 11) is -3.51. The van der Waals surface area contributed by atoms with Crippen LogP contribution in [0.1, 0.15) is 10.4 Å². The van der Waals surface area contributed by atoms with Gasteiger partial charge in [0.25, 0.3) is 11.8 Å². The summed E-state index contributed by atoms with van der Waals surface area (Å²) in [6, 6.07) is -0.00314. The number of rotatable bonds is 5. The second kappa shape index (κ2) is 6.65. The molecule has 0 saturated carbocycles. The van der Waals surface area contributed by atoms with Gasteiger partial charge in [-0.2, -0.15) is 0 Å². The van der Waals surface area contributed by atoms with Crippen molar-refractivity contribution in [3.8, 4) is 0 Å². The van der Waals surface area contributed by atoms with E-state index in [9.17, 15) is 18.0 Å². The highest BCUT2D eigenvalue weighted by Gasteiger charge is 2.21. The summed E-state index contributed by atoms with van der Waals surface area (Å²) in [5.74, 6) is -1.50. The molecule has 2 amide bonds. The van der Waals surface area contributed by atoms with E-state index in [0.717, 1.165) is 16.4 Å². The molecule has 0 aliphatic carbocycles. The van der Waals surface area contributed by atoms with Crippen LogP contribution in [-0.4, -0.2) is 53.3 Å². The summed E-state index contributed by atoms with van der Waals surface area (Å²) in [4.78, 5) is 23.4. The van der Waals surface area contributed by atoms with Crippen LogP contribution in [0.3, 0.4) is 0 Å². The van der Waals surface area contributed by atoms with Gasteiger partial charge in [0, 0.05) is 12.4 Å². The highest BCUT2D eigenvalue weighted by Crippen LogP contribution is 2.04. The third kappa shape index (κ3) is 4.81. The summed E-state index contributed by atoms with van der Waals surface area (Å²) < 4.78 is 23.4. The van der Waals surface area contributed by atoms with E-state index in [-0.39, 0.29) is 10.7 Å². The number of aliphatic hydroxyl groups is 1. The molecule has 0 saturated heterocycles. The second-order valence-corrected chi connectivity index (χ2v) is 6.38. The third-order valence-electron chi connectivity index (χ3n) is 2.36. The summed E-state index contributed by atoms with van der Waals surface area (Å²) in [5, 5.41) is 13.1. The number of aromatic nitrogens is 1. The van der Waals surface area contributed by atoms with Crippen molar-refractivity contribution in [2.75, 3.05) is 12.9 Å². The first-order chi connectivity index (χ1) is 9.65. The molecule has 11 heteroatoms. The van der Waals surface area contributed by atoms with Gasteiger partial charge in [-0.1, -0.05) is 0 Å². The van der Waals surface area contributed by atoms with Gasteiger partial charge >= 0.3 is 0 Å². The van der Waals surface area contributed by atoms with Crippen molar-refractivity contribution in [1.82, 2.24) is 14.6 Å². The Kier molecular flexibility index (Phi) is 5.41. The van der Waals surface area contributed by atoms with Gasteiger partial charge < -0.3 is 21.5 Å². The molecular formula is C10H14N4O5S2. The Morgan fingerprint density at radius 3 is 2.57 bits per heavy atom. The predicted octanol–water partition coefficient (Wildman–Crippen LogP) is -2.25. The maximum Gasteiger partial charge on any atom is 0.253 e. The van der Waals surface area contributed by atoms with Crippen molar-refractivity contribution in [3.05, 3.63) is 24.0 Å². The largest absolute Gasteiger partial charge is 0.394 e. The number of aliphatic hydroxyl groups excluding tert-OH is 1. The average Bonchev–Trinajstić information content (AvgIpc) is 2.83. The third-order valence-corrected chi connectivity index (χ3v) is 3.46. The fourth-order valence-electron chi connectivity index (χ4n) is 1.36. The zero-order chi connectivity index (χ0) is 16.2. The lowest BCUT2D eigenvalue weighted by atomic mass is 10.2. The number of nitrogens with zero attached hydrogens (tertiary/aromatic N) is 1. The summed E-state index contributed by atoms with van der Waals surface area (Å²) in [6.45, 7) is -0.674. The molecule has 0 radical (unpaired) electrons. The van der Waals surface area contributed by atoms with E-state index < -0.39 is 34.5 Å². The fraction of sp³-hybridized carbons (Fsp3) is 0.300. The first-order valence-electron chi connectivity index (χ1n) is 5.55. The van der Waals surface area contributed by atoms with Crippen molar-refractivity contribution in [2.24, 2.45) is 5.73 Å². The van der Waals surface area contributed by atoms with Gasteiger partial charge in [0.2, 0.25) is 10.0 Å². The quantitative estimate of drug-likeness (QED) is 0.445. The van der Waals surface area contributed by atoms with E-state index in [1.54, 1.807) is 0 Å². The molecule has 1 rings (SSSR count). The number of carbonyl (C=O) groups is 2. The van der Waals surface area contributed by atoms with Crippen LogP contribution in [-0.2, 0) is 14.8 Å². The van der Waals surface area contributed by atoms with Crippen LogP contribution >= 0.6 is 12.2 Å². The molecule has 1 unspecified atom stereocenters. The van der Waals surface area contributed by atoms with Crippen molar-refractivity contribution in [2.45, 2.75) is 6.04 Å². The molecule has 0 bridgehead atoms. The molecule has 1 atom stereocenters. The van der Waals surface area contributed by atoms with Gasteiger partial charge in [-0.25, -0.2) is 8.42 Å². The predicted molar refractivity (Wildman–Crippen MR) is 77.9 cm³/mol. The van der Waals surface area contributed by atoms with Gasteiger partial charge in [-0.05, 0) is 18.3 Å². The smallest absolute Gasteiger partial charge is 0.253 e.